The van der Waals surface area contributed by atoms with Crippen molar-refractivity contribution in [2.24, 2.45) is 0 Å². The number of methoxy groups -OCH3 is 1. The number of anilines is 1. The normalized spacial score (nSPS) is 22.8. The van der Waals surface area contributed by atoms with Crippen molar-refractivity contribution in [1.29, 1.82) is 0 Å². The molecule has 18 heavy (non-hydrogen) atoms. The third-order valence-electron chi connectivity index (χ3n) is 2.85. The van der Waals surface area contributed by atoms with E-state index < -0.39 is 18.0 Å². The molecule has 1 saturated heterocycles. The Labute approximate surface area is 104 Å². The van der Waals surface area contributed by atoms with Gasteiger partial charge in [-0.25, -0.2) is 4.39 Å². The number of rotatable bonds is 3. The Kier molecular flexibility index (Phi) is 3.78. The van der Waals surface area contributed by atoms with Crippen molar-refractivity contribution in [1.82, 2.24) is 5.32 Å². The van der Waals surface area contributed by atoms with Crippen molar-refractivity contribution in [3.05, 3.63) is 24.0 Å². The summed E-state index contributed by atoms with van der Waals surface area (Å²) in [6, 6.07) is 3.45. The van der Waals surface area contributed by atoms with Crippen LogP contribution in [0.4, 0.5) is 10.1 Å². The summed E-state index contributed by atoms with van der Waals surface area (Å²) < 4.78 is 18.0. The second-order valence-electron chi connectivity index (χ2n) is 4.18. The van der Waals surface area contributed by atoms with Crippen LogP contribution in [-0.4, -0.2) is 36.8 Å². The molecule has 0 radical (unpaired) electrons. The topological polar surface area (TPSA) is 70.6 Å². The lowest BCUT2D eigenvalue weighted by molar-refractivity contribution is -0.117. The highest BCUT2D eigenvalue weighted by Crippen LogP contribution is 2.25. The second kappa shape index (κ2) is 5.32. The molecule has 0 saturated carbocycles. The van der Waals surface area contributed by atoms with E-state index in [0.717, 1.165) is 0 Å². The average molecular weight is 254 g/mol. The molecule has 1 fully saturated rings. The number of carbonyl (C=O) groups is 1. The Morgan fingerprint density at radius 2 is 2.39 bits per heavy atom. The van der Waals surface area contributed by atoms with Crippen molar-refractivity contribution >= 4 is 11.6 Å². The van der Waals surface area contributed by atoms with E-state index in [-0.39, 0.29) is 11.7 Å². The molecule has 6 heteroatoms. The molecule has 1 aliphatic heterocycles. The molecule has 2 atom stereocenters. The minimum atomic E-state index is -0.504. The average Bonchev–Trinajstić information content (AvgIpc) is 2.78. The number of aliphatic hydroxyl groups excluding tert-OH is 1. The summed E-state index contributed by atoms with van der Waals surface area (Å²) in [4.78, 5) is 11.9. The molecule has 0 spiro atoms. The van der Waals surface area contributed by atoms with Crippen LogP contribution in [0.2, 0.25) is 0 Å². The van der Waals surface area contributed by atoms with Gasteiger partial charge in [-0.1, -0.05) is 0 Å². The van der Waals surface area contributed by atoms with Crippen LogP contribution in [0.25, 0.3) is 0 Å². The molecule has 1 aliphatic rings. The standard InChI is InChI=1S/C12H15FN2O3/c1-18-11-4-7(13)2-3-9(11)15-12(17)10-5-8(16)6-14-10/h2-4,8,10,14,16H,5-6H2,1H3,(H,15,17). The van der Waals surface area contributed by atoms with Crippen LogP contribution in [-0.2, 0) is 4.79 Å². The van der Waals surface area contributed by atoms with Crippen molar-refractivity contribution in [3.63, 3.8) is 0 Å². The number of hydrogen-bond acceptors (Lipinski definition) is 4. The number of amides is 1. The van der Waals surface area contributed by atoms with Gasteiger partial charge >= 0.3 is 0 Å². The molecule has 98 valence electrons. The Morgan fingerprint density at radius 1 is 1.61 bits per heavy atom. The van der Waals surface area contributed by atoms with Gasteiger partial charge in [-0.3, -0.25) is 4.79 Å². The third-order valence-corrected chi connectivity index (χ3v) is 2.85. The van der Waals surface area contributed by atoms with E-state index in [1.165, 1.54) is 25.3 Å². The van der Waals surface area contributed by atoms with Crippen molar-refractivity contribution < 1.29 is 19.0 Å². The number of benzene rings is 1. The van der Waals surface area contributed by atoms with Gasteiger partial charge in [0.1, 0.15) is 11.6 Å². The molecule has 1 aromatic rings. The van der Waals surface area contributed by atoms with E-state index in [9.17, 15) is 14.3 Å². The molecule has 1 amide bonds. The zero-order valence-electron chi connectivity index (χ0n) is 9.94. The lowest BCUT2D eigenvalue weighted by Crippen LogP contribution is -2.35. The van der Waals surface area contributed by atoms with Crippen LogP contribution < -0.4 is 15.4 Å². The number of ether oxygens (including phenoxy) is 1. The van der Waals surface area contributed by atoms with E-state index in [1.54, 1.807) is 0 Å². The molecule has 2 rings (SSSR count). The number of carbonyl (C=O) groups excluding carboxylic acids is 1. The molecule has 1 aromatic carbocycles. The molecular formula is C12H15FN2O3. The SMILES string of the molecule is COc1cc(F)ccc1NC(=O)C1CC(O)CN1. The smallest absolute Gasteiger partial charge is 0.241 e. The van der Waals surface area contributed by atoms with Gasteiger partial charge in [0.2, 0.25) is 5.91 Å². The first-order valence-electron chi connectivity index (χ1n) is 5.66. The monoisotopic (exact) mass is 254 g/mol. The van der Waals surface area contributed by atoms with Gasteiger partial charge < -0.3 is 20.5 Å². The summed E-state index contributed by atoms with van der Waals surface area (Å²) in [5, 5.41) is 14.9. The van der Waals surface area contributed by atoms with Gasteiger partial charge in [0, 0.05) is 12.6 Å². The predicted molar refractivity (Wildman–Crippen MR) is 64.0 cm³/mol. The fourth-order valence-electron chi connectivity index (χ4n) is 1.90. The molecule has 5 nitrogen and oxygen atoms in total. The van der Waals surface area contributed by atoms with Gasteiger partial charge in [0.05, 0.1) is 24.9 Å². The van der Waals surface area contributed by atoms with E-state index in [4.69, 9.17) is 4.74 Å². The quantitative estimate of drug-likeness (QED) is 0.734. The summed E-state index contributed by atoms with van der Waals surface area (Å²) >= 11 is 0. The molecular weight excluding hydrogens is 239 g/mol. The summed E-state index contributed by atoms with van der Waals surface area (Å²) in [6.45, 7) is 0.401. The maximum Gasteiger partial charge on any atom is 0.241 e. The number of nitrogens with one attached hydrogen (secondary N) is 2. The first-order chi connectivity index (χ1) is 8.60. The fourth-order valence-corrected chi connectivity index (χ4v) is 1.90. The summed E-state index contributed by atoms with van der Waals surface area (Å²) in [5.74, 6) is -0.433. The highest BCUT2D eigenvalue weighted by Gasteiger charge is 2.28. The molecule has 0 aromatic heterocycles. The van der Waals surface area contributed by atoms with Crippen LogP contribution in [0, 0.1) is 5.82 Å². The number of β-amino-alcohol motifs (C(OH)–C–C–N with tert-alkyl or cyclic N) is 1. The van der Waals surface area contributed by atoms with Crippen molar-refractivity contribution in [3.8, 4) is 5.75 Å². The Morgan fingerprint density at radius 3 is 3.00 bits per heavy atom. The Bertz CT molecular complexity index is 453. The lowest BCUT2D eigenvalue weighted by Gasteiger charge is -2.13. The van der Waals surface area contributed by atoms with E-state index >= 15 is 0 Å². The van der Waals surface area contributed by atoms with Crippen LogP contribution in [0.15, 0.2) is 18.2 Å². The maximum atomic E-state index is 13.0. The molecule has 0 aliphatic carbocycles. The van der Waals surface area contributed by atoms with Gasteiger partial charge in [0.25, 0.3) is 0 Å². The second-order valence-corrected chi connectivity index (χ2v) is 4.18. The fraction of sp³-hybridized carbons (Fsp3) is 0.417. The zero-order valence-corrected chi connectivity index (χ0v) is 9.94. The van der Waals surface area contributed by atoms with Crippen LogP contribution in [0.1, 0.15) is 6.42 Å². The van der Waals surface area contributed by atoms with Gasteiger partial charge in [-0.05, 0) is 18.6 Å². The van der Waals surface area contributed by atoms with Crippen molar-refractivity contribution in [2.75, 3.05) is 19.0 Å². The third kappa shape index (κ3) is 2.77. The number of hydrogen-bond donors (Lipinski definition) is 3. The molecule has 1 heterocycles. The lowest BCUT2D eigenvalue weighted by atomic mass is 10.2. The minimum Gasteiger partial charge on any atom is -0.494 e. The largest absolute Gasteiger partial charge is 0.494 e. The maximum absolute atomic E-state index is 13.0. The Hall–Kier alpha value is -1.66. The van der Waals surface area contributed by atoms with Crippen LogP contribution in [0.5, 0.6) is 5.75 Å². The van der Waals surface area contributed by atoms with E-state index in [0.29, 0.717) is 18.7 Å². The summed E-state index contributed by atoms with van der Waals surface area (Å²) in [6.07, 6.45) is -0.133. The number of halogens is 1. The summed E-state index contributed by atoms with van der Waals surface area (Å²) in [7, 11) is 1.40. The van der Waals surface area contributed by atoms with Crippen LogP contribution >= 0.6 is 0 Å². The van der Waals surface area contributed by atoms with Gasteiger partial charge in [0.15, 0.2) is 0 Å². The molecule has 0 bridgehead atoms. The molecule has 3 N–H and O–H groups in total. The van der Waals surface area contributed by atoms with E-state index in [2.05, 4.69) is 10.6 Å². The van der Waals surface area contributed by atoms with Gasteiger partial charge in [-0.15, -0.1) is 0 Å². The van der Waals surface area contributed by atoms with Crippen LogP contribution in [0.3, 0.4) is 0 Å². The summed E-state index contributed by atoms with van der Waals surface area (Å²) in [5.41, 5.74) is 0.409. The van der Waals surface area contributed by atoms with Gasteiger partial charge in [-0.2, -0.15) is 0 Å². The minimum absolute atomic E-state index is 0.266. The van der Waals surface area contributed by atoms with Crippen molar-refractivity contribution in [2.45, 2.75) is 18.6 Å². The first kappa shape index (κ1) is 12.8. The zero-order chi connectivity index (χ0) is 13.1. The highest BCUT2D eigenvalue weighted by molar-refractivity contribution is 5.96. The number of aliphatic hydroxyl groups is 1. The highest BCUT2D eigenvalue weighted by atomic mass is 19.1. The predicted octanol–water partition coefficient (Wildman–Crippen LogP) is 0.496. The molecule has 2 unspecified atom stereocenters. The van der Waals surface area contributed by atoms with E-state index in [1.807, 2.05) is 0 Å². The first-order valence-corrected chi connectivity index (χ1v) is 5.66. The Balaban J connectivity index is 2.07.